The Balaban J connectivity index is 1.71. The molecule has 0 spiro atoms. The lowest BCUT2D eigenvalue weighted by Crippen LogP contribution is -2.45. The topological polar surface area (TPSA) is 121 Å². The summed E-state index contributed by atoms with van der Waals surface area (Å²) in [5.41, 5.74) is -1.12. The zero-order valence-electron chi connectivity index (χ0n) is 14.3. The van der Waals surface area contributed by atoms with Gasteiger partial charge < -0.3 is 29.6 Å². The maximum Gasteiger partial charge on any atom is 0.260 e. The van der Waals surface area contributed by atoms with Crippen molar-refractivity contribution in [3.8, 4) is 0 Å². The third-order valence-corrected chi connectivity index (χ3v) is 5.26. The van der Waals surface area contributed by atoms with E-state index >= 15 is 0 Å². The molecular weight excluding hydrogens is 374 g/mol. The van der Waals surface area contributed by atoms with E-state index in [2.05, 4.69) is 9.97 Å². The monoisotopic (exact) mass is 391 g/mol. The first-order valence-corrected chi connectivity index (χ1v) is 8.73. The highest BCUT2D eigenvalue weighted by atomic mass is 35.5. The van der Waals surface area contributed by atoms with E-state index in [1.165, 1.54) is 17.8 Å². The number of hydrogen-bond donors (Lipinski definition) is 4. The summed E-state index contributed by atoms with van der Waals surface area (Å²) in [5.74, 6) is 0. The number of benzene rings is 1. The Morgan fingerprint density at radius 3 is 2.63 bits per heavy atom. The number of fused-ring (bicyclic) bond motifs is 1. The lowest BCUT2D eigenvalue weighted by molar-refractivity contribution is -0.135. The average Bonchev–Trinajstić information content (AvgIpc) is 3.19. The number of nitrogens with zero attached hydrogens (tertiary/aromatic N) is 2. The molecule has 1 aliphatic heterocycles. The molecule has 1 aromatic carbocycles. The van der Waals surface area contributed by atoms with Gasteiger partial charge >= 0.3 is 0 Å². The minimum absolute atomic E-state index is 0.307. The Labute approximate surface area is 158 Å². The highest BCUT2D eigenvalue weighted by Crippen LogP contribution is 2.40. The van der Waals surface area contributed by atoms with Gasteiger partial charge in [-0.15, -0.1) is 0 Å². The Morgan fingerprint density at radius 2 is 1.93 bits per heavy atom. The van der Waals surface area contributed by atoms with Gasteiger partial charge in [-0.1, -0.05) is 23.7 Å². The van der Waals surface area contributed by atoms with E-state index in [1.54, 1.807) is 36.5 Å². The van der Waals surface area contributed by atoms with Gasteiger partial charge in [-0.25, -0.2) is 4.98 Å². The molecule has 1 aliphatic rings. The van der Waals surface area contributed by atoms with Crippen molar-refractivity contribution in [2.24, 2.45) is 0 Å². The number of aliphatic hydroxyl groups excluding tert-OH is 2. The Bertz CT molecular complexity index is 1030. The first kappa shape index (κ1) is 18.1. The Hall–Kier alpha value is -2.23. The highest BCUT2D eigenvalue weighted by Gasteiger charge is 2.52. The molecule has 0 saturated carbocycles. The summed E-state index contributed by atoms with van der Waals surface area (Å²) in [5, 5.41) is 32.9. The van der Waals surface area contributed by atoms with Crippen LogP contribution in [-0.4, -0.2) is 48.2 Å². The van der Waals surface area contributed by atoms with Crippen molar-refractivity contribution in [1.29, 1.82) is 0 Å². The standard InChI is InChI=1S/C18H18ClN3O5/c1-18(26,9-2-4-10(19)5-3-9)14-12(23)13(24)17(27-14)22-7-6-11-15(22)20-8-21-16(11)25/h2-8,12-14,17,23-24,26H,1H3,(H,20,21,25)/t12-,13+,14?,17+,18+/m0/s1. The lowest BCUT2D eigenvalue weighted by atomic mass is 9.87. The number of H-pyrrole nitrogens is 1. The number of halogens is 1. The van der Waals surface area contributed by atoms with Crippen LogP contribution in [0.2, 0.25) is 5.02 Å². The quantitative estimate of drug-likeness (QED) is 0.526. The summed E-state index contributed by atoms with van der Waals surface area (Å²) in [6.45, 7) is 1.50. The van der Waals surface area contributed by atoms with Gasteiger partial charge in [0.1, 0.15) is 29.6 Å². The molecule has 0 radical (unpaired) electrons. The van der Waals surface area contributed by atoms with Crippen LogP contribution >= 0.6 is 11.6 Å². The number of hydrogen-bond acceptors (Lipinski definition) is 6. The first-order valence-electron chi connectivity index (χ1n) is 8.35. The van der Waals surface area contributed by atoms with Gasteiger partial charge in [0.2, 0.25) is 0 Å². The third kappa shape index (κ3) is 2.86. The van der Waals surface area contributed by atoms with E-state index in [9.17, 15) is 20.1 Å². The molecule has 1 saturated heterocycles. The van der Waals surface area contributed by atoms with E-state index in [4.69, 9.17) is 16.3 Å². The summed E-state index contributed by atoms with van der Waals surface area (Å²) in [4.78, 5) is 18.5. The SMILES string of the molecule is C[C@@](O)(c1ccc(Cl)cc1)C1O[C@@H](n2ccc3c(=O)[nH]cnc32)[C@H](O)[C@@H]1O. The zero-order chi connectivity index (χ0) is 19.3. The summed E-state index contributed by atoms with van der Waals surface area (Å²) in [6.07, 6.45) is -2.02. The van der Waals surface area contributed by atoms with Gasteiger partial charge in [-0.05, 0) is 30.7 Å². The molecule has 0 bridgehead atoms. The largest absolute Gasteiger partial charge is 0.387 e. The fourth-order valence-electron chi connectivity index (χ4n) is 3.49. The molecule has 0 amide bonds. The van der Waals surface area contributed by atoms with Crippen molar-refractivity contribution in [1.82, 2.24) is 14.5 Å². The molecule has 4 rings (SSSR count). The molecule has 5 atom stereocenters. The van der Waals surface area contributed by atoms with Crippen LogP contribution in [0.15, 0.2) is 47.7 Å². The molecule has 3 heterocycles. The second kappa shape index (κ2) is 6.43. The van der Waals surface area contributed by atoms with Crippen LogP contribution < -0.4 is 5.56 Å². The number of rotatable bonds is 3. The van der Waals surface area contributed by atoms with Crippen LogP contribution in [0.5, 0.6) is 0 Å². The molecular formula is C18H18ClN3O5. The molecule has 0 aliphatic carbocycles. The number of aromatic nitrogens is 3. The Morgan fingerprint density at radius 1 is 1.22 bits per heavy atom. The molecule has 8 nitrogen and oxygen atoms in total. The summed E-state index contributed by atoms with van der Waals surface area (Å²) < 4.78 is 7.32. The van der Waals surface area contributed by atoms with Gasteiger partial charge in [0.25, 0.3) is 5.56 Å². The van der Waals surface area contributed by atoms with Crippen molar-refractivity contribution >= 4 is 22.6 Å². The minimum atomic E-state index is -1.59. The van der Waals surface area contributed by atoms with Crippen molar-refractivity contribution in [3.63, 3.8) is 0 Å². The van der Waals surface area contributed by atoms with Crippen molar-refractivity contribution in [2.75, 3.05) is 0 Å². The van der Waals surface area contributed by atoms with Crippen LogP contribution in [-0.2, 0) is 10.3 Å². The molecule has 3 aromatic rings. The third-order valence-electron chi connectivity index (χ3n) is 5.01. The van der Waals surface area contributed by atoms with Crippen molar-refractivity contribution in [3.05, 3.63) is 63.8 Å². The van der Waals surface area contributed by atoms with E-state index in [-0.39, 0.29) is 5.56 Å². The lowest BCUT2D eigenvalue weighted by Gasteiger charge is -2.32. The molecule has 9 heteroatoms. The maximum absolute atomic E-state index is 11.9. The van der Waals surface area contributed by atoms with Crippen LogP contribution in [0.25, 0.3) is 11.0 Å². The van der Waals surface area contributed by atoms with E-state index in [0.717, 1.165) is 0 Å². The second-order valence-electron chi connectivity index (χ2n) is 6.77. The minimum Gasteiger partial charge on any atom is -0.387 e. The number of aromatic amines is 1. The molecule has 1 fully saturated rings. The summed E-state index contributed by atoms with van der Waals surface area (Å²) >= 11 is 5.89. The number of nitrogens with one attached hydrogen (secondary N) is 1. The predicted octanol–water partition coefficient (Wildman–Crippen LogP) is 0.905. The van der Waals surface area contributed by atoms with Crippen molar-refractivity contribution in [2.45, 2.75) is 37.1 Å². The van der Waals surface area contributed by atoms with E-state index in [1.807, 2.05) is 0 Å². The molecule has 27 heavy (non-hydrogen) atoms. The first-order chi connectivity index (χ1) is 12.8. The average molecular weight is 392 g/mol. The predicted molar refractivity (Wildman–Crippen MR) is 97.3 cm³/mol. The fourth-order valence-corrected chi connectivity index (χ4v) is 3.62. The van der Waals surface area contributed by atoms with Gasteiger partial charge in [0.15, 0.2) is 6.23 Å². The fraction of sp³-hybridized carbons (Fsp3) is 0.333. The van der Waals surface area contributed by atoms with Crippen LogP contribution in [0.1, 0.15) is 18.7 Å². The van der Waals surface area contributed by atoms with Gasteiger partial charge in [0.05, 0.1) is 11.7 Å². The summed E-state index contributed by atoms with van der Waals surface area (Å²) in [6, 6.07) is 8.05. The van der Waals surface area contributed by atoms with E-state index < -0.39 is 30.1 Å². The molecule has 2 aromatic heterocycles. The Kier molecular flexibility index (Phi) is 4.32. The van der Waals surface area contributed by atoms with E-state index in [0.29, 0.717) is 21.6 Å². The highest BCUT2D eigenvalue weighted by molar-refractivity contribution is 6.30. The van der Waals surface area contributed by atoms with Crippen LogP contribution in [0.3, 0.4) is 0 Å². The zero-order valence-corrected chi connectivity index (χ0v) is 15.0. The van der Waals surface area contributed by atoms with Crippen LogP contribution in [0, 0.1) is 0 Å². The van der Waals surface area contributed by atoms with Gasteiger partial charge in [-0.2, -0.15) is 0 Å². The smallest absolute Gasteiger partial charge is 0.260 e. The second-order valence-corrected chi connectivity index (χ2v) is 7.21. The molecule has 1 unspecified atom stereocenters. The maximum atomic E-state index is 11.9. The number of aliphatic hydroxyl groups is 3. The van der Waals surface area contributed by atoms with Crippen LogP contribution in [0.4, 0.5) is 0 Å². The van der Waals surface area contributed by atoms with Crippen molar-refractivity contribution < 1.29 is 20.1 Å². The summed E-state index contributed by atoms with van der Waals surface area (Å²) in [7, 11) is 0. The number of ether oxygens (including phenoxy) is 1. The molecule has 4 N–H and O–H groups in total. The molecule has 142 valence electrons. The van der Waals surface area contributed by atoms with Gasteiger partial charge in [-0.3, -0.25) is 4.79 Å². The normalized spacial score (nSPS) is 27.7. The van der Waals surface area contributed by atoms with Gasteiger partial charge in [0, 0.05) is 11.2 Å².